The highest BCUT2D eigenvalue weighted by Gasteiger charge is 2.03. The van der Waals surface area contributed by atoms with E-state index in [9.17, 15) is 4.39 Å². The minimum absolute atomic E-state index is 0.0600. The van der Waals surface area contributed by atoms with Gasteiger partial charge >= 0.3 is 0 Å². The lowest BCUT2D eigenvalue weighted by molar-refractivity contribution is 0.624. The van der Waals surface area contributed by atoms with Gasteiger partial charge < -0.3 is 5.32 Å². The van der Waals surface area contributed by atoms with Crippen molar-refractivity contribution in [2.45, 2.75) is 13.5 Å². The van der Waals surface area contributed by atoms with Gasteiger partial charge in [0.05, 0.1) is 5.56 Å². The van der Waals surface area contributed by atoms with E-state index < -0.39 is 5.82 Å². The Bertz CT molecular complexity index is 600. The third-order valence-corrected chi connectivity index (χ3v) is 2.83. The Morgan fingerprint density at radius 2 is 2.00 bits per heavy atom. The van der Waals surface area contributed by atoms with E-state index in [0.717, 1.165) is 5.69 Å². The largest absolute Gasteiger partial charge is 0.381 e. The minimum atomic E-state index is -0.487. The van der Waals surface area contributed by atoms with Crippen LogP contribution in [0.3, 0.4) is 0 Å². The molecule has 18 heavy (non-hydrogen) atoms. The third-order valence-electron chi connectivity index (χ3n) is 2.83. The molecule has 0 radical (unpaired) electrons. The number of nitriles is 1. The summed E-state index contributed by atoms with van der Waals surface area (Å²) in [5, 5.41) is 11.9. The van der Waals surface area contributed by atoms with Gasteiger partial charge in [-0.2, -0.15) is 5.26 Å². The molecule has 0 fully saturated rings. The molecule has 3 heteroatoms. The summed E-state index contributed by atoms with van der Waals surface area (Å²) >= 11 is 0. The summed E-state index contributed by atoms with van der Waals surface area (Å²) < 4.78 is 13.1. The summed E-state index contributed by atoms with van der Waals surface area (Å²) in [4.78, 5) is 0. The van der Waals surface area contributed by atoms with Crippen LogP contribution in [0.15, 0.2) is 42.5 Å². The highest BCUT2D eigenvalue weighted by molar-refractivity contribution is 5.50. The number of hydrogen-bond acceptors (Lipinski definition) is 2. The molecule has 0 aliphatic carbocycles. The van der Waals surface area contributed by atoms with Gasteiger partial charge in [-0.25, -0.2) is 4.39 Å². The van der Waals surface area contributed by atoms with E-state index in [1.807, 2.05) is 37.3 Å². The second-order valence-electron chi connectivity index (χ2n) is 4.09. The highest BCUT2D eigenvalue weighted by Crippen LogP contribution is 2.16. The maximum Gasteiger partial charge on any atom is 0.141 e. The molecule has 0 saturated carbocycles. The molecule has 2 nitrogen and oxygen atoms in total. The van der Waals surface area contributed by atoms with Gasteiger partial charge in [0.25, 0.3) is 0 Å². The number of hydrogen-bond donors (Lipinski definition) is 1. The Labute approximate surface area is 106 Å². The molecule has 1 N–H and O–H groups in total. The zero-order valence-electron chi connectivity index (χ0n) is 10.1. The van der Waals surface area contributed by atoms with Crippen molar-refractivity contribution in [2.75, 3.05) is 5.32 Å². The van der Waals surface area contributed by atoms with Crippen LogP contribution in [0.2, 0.25) is 0 Å². The lowest BCUT2D eigenvalue weighted by Gasteiger charge is -2.09. The highest BCUT2D eigenvalue weighted by atomic mass is 19.1. The first kappa shape index (κ1) is 12.1. The maximum absolute atomic E-state index is 13.1. The van der Waals surface area contributed by atoms with E-state index in [4.69, 9.17) is 5.26 Å². The summed E-state index contributed by atoms with van der Waals surface area (Å²) in [5.74, 6) is -0.487. The molecule has 0 atom stereocenters. The fourth-order valence-electron chi connectivity index (χ4n) is 1.73. The van der Waals surface area contributed by atoms with Crippen molar-refractivity contribution < 1.29 is 4.39 Å². The smallest absolute Gasteiger partial charge is 0.141 e. The standard InChI is InChI=1S/C15H13FN2/c1-11-4-2-3-5-12(11)10-18-14-6-7-15(16)13(8-14)9-17/h2-8,18H,10H2,1H3. The van der Waals surface area contributed by atoms with Crippen molar-refractivity contribution in [2.24, 2.45) is 0 Å². The van der Waals surface area contributed by atoms with Crippen LogP contribution in [0, 0.1) is 24.1 Å². The lowest BCUT2D eigenvalue weighted by Crippen LogP contribution is -2.01. The number of aryl methyl sites for hydroxylation is 1. The van der Waals surface area contributed by atoms with Crippen LogP contribution in [-0.2, 0) is 6.54 Å². The van der Waals surface area contributed by atoms with Crippen LogP contribution in [0.25, 0.3) is 0 Å². The number of rotatable bonds is 3. The normalized spacial score (nSPS) is 9.83. The van der Waals surface area contributed by atoms with Crippen molar-refractivity contribution >= 4 is 5.69 Å². The molecule has 0 aromatic heterocycles. The van der Waals surface area contributed by atoms with Crippen molar-refractivity contribution in [3.8, 4) is 6.07 Å². The summed E-state index contributed by atoms with van der Waals surface area (Å²) in [5.41, 5.74) is 3.19. The minimum Gasteiger partial charge on any atom is -0.381 e. The summed E-state index contributed by atoms with van der Waals surface area (Å²) in [6.07, 6.45) is 0. The first-order chi connectivity index (χ1) is 8.70. The van der Waals surface area contributed by atoms with E-state index in [1.54, 1.807) is 6.07 Å². The number of halogens is 1. The van der Waals surface area contributed by atoms with Crippen LogP contribution < -0.4 is 5.32 Å². The Hall–Kier alpha value is -2.34. The topological polar surface area (TPSA) is 35.8 Å². The molecule has 0 heterocycles. The molecular weight excluding hydrogens is 227 g/mol. The summed E-state index contributed by atoms with van der Waals surface area (Å²) in [6.45, 7) is 2.70. The monoisotopic (exact) mass is 240 g/mol. The Morgan fingerprint density at radius 3 is 2.72 bits per heavy atom. The quantitative estimate of drug-likeness (QED) is 0.889. The molecule has 0 saturated heterocycles. The molecule has 0 spiro atoms. The van der Waals surface area contributed by atoms with Gasteiger partial charge in [0.2, 0.25) is 0 Å². The average molecular weight is 240 g/mol. The van der Waals surface area contributed by atoms with Gasteiger partial charge in [0, 0.05) is 12.2 Å². The number of benzene rings is 2. The third kappa shape index (κ3) is 2.67. The SMILES string of the molecule is Cc1ccccc1CNc1ccc(F)c(C#N)c1. The van der Waals surface area contributed by atoms with Crippen molar-refractivity contribution in [3.63, 3.8) is 0 Å². The number of nitrogens with one attached hydrogen (secondary N) is 1. The van der Waals surface area contributed by atoms with Crippen molar-refractivity contribution in [1.29, 1.82) is 5.26 Å². The zero-order valence-corrected chi connectivity index (χ0v) is 10.1. The van der Waals surface area contributed by atoms with E-state index in [2.05, 4.69) is 5.32 Å². The fourth-order valence-corrected chi connectivity index (χ4v) is 1.73. The van der Waals surface area contributed by atoms with E-state index in [-0.39, 0.29) is 5.56 Å². The average Bonchev–Trinajstić information content (AvgIpc) is 2.39. The first-order valence-electron chi connectivity index (χ1n) is 5.69. The van der Waals surface area contributed by atoms with Crippen LogP contribution in [0.4, 0.5) is 10.1 Å². The molecule has 0 amide bonds. The van der Waals surface area contributed by atoms with Gasteiger partial charge in [0.1, 0.15) is 11.9 Å². The van der Waals surface area contributed by atoms with Gasteiger partial charge in [-0.1, -0.05) is 24.3 Å². The fraction of sp³-hybridized carbons (Fsp3) is 0.133. The molecule has 90 valence electrons. The zero-order chi connectivity index (χ0) is 13.0. The van der Waals surface area contributed by atoms with Crippen LogP contribution in [0.5, 0.6) is 0 Å². The summed E-state index contributed by atoms with van der Waals surface area (Å²) in [6, 6.07) is 14.3. The second kappa shape index (κ2) is 5.33. The number of nitrogens with zero attached hydrogens (tertiary/aromatic N) is 1. The molecule has 0 bridgehead atoms. The molecule has 0 aliphatic rings. The van der Waals surface area contributed by atoms with Crippen LogP contribution >= 0.6 is 0 Å². The van der Waals surface area contributed by atoms with E-state index in [0.29, 0.717) is 6.54 Å². The van der Waals surface area contributed by atoms with Gasteiger partial charge in [-0.05, 0) is 36.2 Å². The maximum atomic E-state index is 13.1. The molecule has 2 aromatic carbocycles. The predicted octanol–water partition coefficient (Wildman–Crippen LogP) is 3.62. The second-order valence-corrected chi connectivity index (χ2v) is 4.09. The van der Waals surface area contributed by atoms with E-state index in [1.165, 1.54) is 23.3 Å². The van der Waals surface area contributed by atoms with Crippen molar-refractivity contribution in [3.05, 3.63) is 65.0 Å². The van der Waals surface area contributed by atoms with Crippen molar-refractivity contribution in [1.82, 2.24) is 0 Å². The van der Waals surface area contributed by atoms with Gasteiger partial charge in [-0.3, -0.25) is 0 Å². The Balaban J connectivity index is 2.12. The van der Waals surface area contributed by atoms with Gasteiger partial charge in [-0.15, -0.1) is 0 Å². The van der Waals surface area contributed by atoms with Gasteiger partial charge in [0.15, 0.2) is 0 Å². The predicted molar refractivity (Wildman–Crippen MR) is 69.6 cm³/mol. The molecule has 0 unspecified atom stereocenters. The lowest BCUT2D eigenvalue weighted by atomic mass is 10.1. The molecule has 2 aromatic rings. The molecule has 0 aliphatic heterocycles. The first-order valence-corrected chi connectivity index (χ1v) is 5.69. The number of anilines is 1. The van der Waals surface area contributed by atoms with Crippen LogP contribution in [-0.4, -0.2) is 0 Å². The molecule has 2 rings (SSSR count). The summed E-state index contributed by atoms with van der Waals surface area (Å²) in [7, 11) is 0. The molecular formula is C15H13FN2. The van der Waals surface area contributed by atoms with E-state index >= 15 is 0 Å². The Kier molecular flexibility index (Phi) is 3.59. The Morgan fingerprint density at radius 1 is 1.22 bits per heavy atom. The van der Waals surface area contributed by atoms with Crippen LogP contribution in [0.1, 0.15) is 16.7 Å².